The molecule has 0 radical (unpaired) electrons. The molecule has 1 atom stereocenters. The first-order valence-electron chi connectivity index (χ1n) is 8.54. The van der Waals surface area contributed by atoms with Crippen LogP contribution >= 0.6 is 0 Å². The van der Waals surface area contributed by atoms with Crippen molar-refractivity contribution in [2.75, 3.05) is 13.9 Å². The predicted molar refractivity (Wildman–Crippen MR) is 104 cm³/mol. The normalized spacial score (nSPS) is 17.1. The van der Waals surface area contributed by atoms with Gasteiger partial charge in [-0.05, 0) is 60.0 Å². The molecular formula is C22H22O5. The van der Waals surface area contributed by atoms with Crippen LogP contribution < -0.4 is 4.74 Å². The fourth-order valence-electron chi connectivity index (χ4n) is 2.62. The van der Waals surface area contributed by atoms with Crippen molar-refractivity contribution in [1.29, 1.82) is 0 Å². The number of phenols is 2. The Bertz CT molecular complexity index is 896. The van der Waals surface area contributed by atoms with Crippen molar-refractivity contribution in [3.8, 4) is 17.2 Å². The van der Waals surface area contributed by atoms with Crippen LogP contribution in [0.2, 0.25) is 0 Å². The van der Waals surface area contributed by atoms with Gasteiger partial charge in [-0.15, -0.1) is 0 Å². The quantitative estimate of drug-likeness (QED) is 0.821. The minimum atomic E-state index is -0.207. The van der Waals surface area contributed by atoms with Gasteiger partial charge in [-0.1, -0.05) is 30.4 Å². The summed E-state index contributed by atoms with van der Waals surface area (Å²) in [6.07, 6.45) is 9.28. The minimum absolute atomic E-state index is 0.103. The molecule has 2 aromatic rings. The van der Waals surface area contributed by atoms with Gasteiger partial charge in [-0.2, -0.15) is 0 Å². The predicted octanol–water partition coefficient (Wildman–Crippen LogP) is 4.40. The Balaban J connectivity index is 1.70. The highest BCUT2D eigenvalue weighted by atomic mass is 16.7. The summed E-state index contributed by atoms with van der Waals surface area (Å²) in [5.74, 6) is 1.51. The van der Waals surface area contributed by atoms with Crippen molar-refractivity contribution in [3.05, 3.63) is 77.1 Å². The average molecular weight is 366 g/mol. The topological polar surface area (TPSA) is 68.2 Å². The van der Waals surface area contributed by atoms with Crippen LogP contribution in [0.5, 0.6) is 17.2 Å². The molecular weight excluding hydrogens is 344 g/mol. The Kier molecular flexibility index (Phi) is 5.84. The molecule has 0 aromatic heterocycles. The Hall–Kier alpha value is -3.18. The van der Waals surface area contributed by atoms with Crippen LogP contribution in [-0.4, -0.2) is 30.2 Å². The van der Waals surface area contributed by atoms with Crippen LogP contribution in [0.4, 0.5) is 0 Å². The Morgan fingerprint density at radius 3 is 2.48 bits per heavy atom. The standard InChI is InChI=1S/C22H22O5/c1-15-11-16(5-9-20(15)23)3-7-18-13-19(27-14-26-18)8-4-17-6-10-21(24)22(12-17)25-2/h3-13,18,23-24H,14H2,1-2H3/b7-3+,8-4+. The number of methoxy groups -OCH3 is 1. The number of hydrogen-bond acceptors (Lipinski definition) is 5. The summed E-state index contributed by atoms with van der Waals surface area (Å²) in [7, 11) is 1.51. The van der Waals surface area contributed by atoms with E-state index in [1.165, 1.54) is 7.11 Å². The molecule has 0 saturated heterocycles. The molecule has 2 N–H and O–H groups in total. The zero-order chi connectivity index (χ0) is 19.2. The molecule has 5 heteroatoms. The molecule has 27 heavy (non-hydrogen) atoms. The number of hydrogen-bond donors (Lipinski definition) is 2. The van der Waals surface area contributed by atoms with Crippen molar-refractivity contribution in [2.45, 2.75) is 13.0 Å². The lowest BCUT2D eigenvalue weighted by molar-refractivity contribution is -0.0499. The molecule has 0 bridgehead atoms. The van der Waals surface area contributed by atoms with Crippen molar-refractivity contribution < 1.29 is 24.4 Å². The lowest BCUT2D eigenvalue weighted by atomic mass is 10.1. The van der Waals surface area contributed by atoms with Crippen molar-refractivity contribution in [2.24, 2.45) is 0 Å². The lowest BCUT2D eigenvalue weighted by Gasteiger charge is -2.19. The van der Waals surface area contributed by atoms with E-state index in [1.54, 1.807) is 24.3 Å². The van der Waals surface area contributed by atoms with Gasteiger partial charge in [0.1, 0.15) is 17.6 Å². The second-order valence-electron chi connectivity index (χ2n) is 6.13. The van der Waals surface area contributed by atoms with Gasteiger partial charge in [0.15, 0.2) is 18.3 Å². The summed E-state index contributed by atoms with van der Waals surface area (Å²) in [6, 6.07) is 10.6. The van der Waals surface area contributed by atoms with Crippen LogP contribution in [0.3, 0.4) is 0 Å². The maximum Gasteiger partial charge on any atom is 0.190 e. The molecule has 5 nitrogen and oxygen atoms in total. The molecule has 1 heterocycles. The summed E-state index contributed by atoms with van der Waals surface area (Å²) in [4.78, 5) is 0. The smallest absolute Gasteiger partial charge is 0.190 e. The highest BCUT2D eigenvalue weighted by Gasteiger charge is 2.10. The molecule has 1 unspecified atom stereocenters. The minimum Gasteiger partial charge on any atom is -0.508 e. The van der Waals surface area contributed by atoms with Crippen LogP contribution in [0, 0.1) is 6.92 Å². The molecule has 1 aliphatic heterocycles. The van der Waals surface area contributed by atoms with Gasteiger partial charge in [-0.3, -0.25) is 0 Å². The van der Waals surface area contributed by atoms with E-state index in [9.17, 15) is 10.2 Å². The number of ether oxygens (including phenoxy) is 3. The number of aryl methyl sites for hydroxylation is 1. The van der Waals surface area contributed by atoms with Gasteiger partial charge in [-0.25, -0.2) is 0 Å². The SMILES string of the molecule is COc1cc(/C=C/C2=CC(/C=C/c3ccc(O)c(C)c3)OCO2)ccc1O. The highest BCUT2D eigenvalue weighted by Crippen LogP contribution is 2.27. The maximum atomic E-state index is 9.65. The fourth-order valence-corrected chi connectivity index (χ4v) is 2.62. The van der Waals surface area contributed by atoms with Crippen molar-refractivity contribution >= 4 is 12.2 Å². The summed E-state index contributed by atoms with van der Waals surface area (Å²) in [5, 5.41) is 19.2. The largest absolute Gasteiger partial charge is 0.508 e. The number of phenolic OH excluding ortho intramolecular Hbond substituents is 2. The first-order valence-corrected chi connectivity index (χ1v) is 8.54. The van der Waals surface area contributed by atoms with E-state index in [1.807, 2.05) is 49.4 Å². The monoisotopic (exact) mass is 366 g/mol. The van der Waals surface area contributed by atoms with E-state index >= 15 is 0 Å². The second-order valence-corrected chi connectivity index (χ2v) is 6.13. The zero-order valence-electron chi connectivity index (χ0n) is 15.3. The molecule has 140 valence electrons. The van der Waals surface area contributed by atoms with E-state index in [2.05, 4.69) is 0 Å². The van der Waals surface area contributed by atoms with E-state index in [0.717, 1.165) is 16.7 Å². The molecule has 1 aliphatic rings. The number of allylic oxidation sites excluding steroid dienone is 1. The molecule has 0 fully saturated rings. The third-order valence-corrected chi connectivity index (χ3v) is 4.16. The Morgan fingerprint density at radius 1 is 1.00 bits per heavy atom. The molecule has 0 amide bonds. The van der Waals surface area contributed by atoms with Crippen LogP contribution in [-0.2, 0) is 9.47 Å². The molecule has 0 spiro atoms. The second kappa shape index (κ2) is 8.47. The summed E-state index contributed by atoms with van der Waals surface area (Å²) < 4.78 is 16.2. The Labute approximate surface area is 158 Å². The first-order chi connectivity index (χ1) is 13.0. The van der Waals surface area contributed by atoms with Crippen LogP contribution in [0.1, 0.15) is 16.7 Å². The molecule has 0 aliphatic carbocycles. The summed E-state index contributed by atoms with van der Waals surface area (Å²) in [6.45, 7) is 2.03. The zero-order valence-corrected chi connectivity index (χ0v) is 15.3. The summed E-state index contributed by atoms with van der Waals surface area (Å²) >= 11 is 0. The maximum absolute atomic E-state index is 9.65. The molecule has 2 aromatic carbocycles. The van der Waals surface area contributed by atoms with Crippen molar-refractivity contribution in [1.82, 2.24) is 0 Å². The van der Waals surface area contributed by atoms with Gasteiger partial charge >= 0.3 is 0 Å². The van der Waals surface area contributed by atoms with E-state index < -0.39 is 0 Å². The van der Waals surface area contributed by atoms with Crippen LogP contribution in [0.25, 0.3) is 12.2 Å². The third-order valence-electron chi connectivity index (χ3n) is 4.16. The van der Waals surface area contributed by atoms with Gasteiger partial charge in [0.05, 0.1) is 7.11 Å². The number of rotatable bonds is 5. The van der Waals surface area contributed by atoms with Crippen molar-refractivity contribution in [3.63, 3.8) is 0 Å². The van der Waals surface area contributed by atoms with Gasteiger partial charge in [0.2, 0.25) is 0 Å². The summed E-state index contributed by atoms with van der Waals surface area (Å²) in [5.41, 5.74) is 2.70. The lowest BCUT2D eigenvalue weighted by Crippen LogP contribution is -2.16. The van der Waals surface area contributed by atoms with Crippen LogP contribution in [0.15, 0.2) is 60.4 Å². The Morgan fingerprint density at radius 2 is 1.74 bits per heavy atom. The molecule has 0 saturated carbocycles. The van der Waals surface area contributed by atoms with Gasteiger partial charge < -0.3 is 24.4 Å². The van der Waals surface area contributed by atoms with Gasteiger partial charge in [0.25, 0.3) is 0 Å². The van der Waals surface area contributed by atoms with E-state index in [4.69, 9.17) is 14.2 Å². The molecule has 3 rings (SSSR count). The number of aromatic hydroxyl groups is 2. The van der Waals surface area contributed by atoms with E-state index in [-0.39, 0.29) is 24.4 Å². The third kappa shape index (κ3) is 4.92. The highest BCUT2D eigenvalue weighted by molar-refractivity contribution is 5.58. The number of benzene rings is 2. The van der Waals surface area contributed by atoms with Gasteiger partial charge in [0, 0.05) is 0 Å². The first kappa shape index (κ1) is 18.6. The van der Waals surface area contributed by atoms with E-state index in [0.29, 0.717) is 11.5 Å². The average Bonchev–Trinajstić information content (AvgIpc) is 2.68. The fraction of sp³-hybridized carbons (Fsp3) is 0.182.